The van der Waals surface area contributed by atoms with Crippen LogP contribution in [0, 0.1) is 0 Å². The smallest absolute Gasteiger partial charge is 0.254 e. The first-order valence-electron chi connectivity index (χ1n) is 10.6. The highest BCUT2D eigenvalue weighted by Crippen LogP contribution is 2.45. The molecule has 1 amide bonds. The molecule has 0 unspecified atom stereocenters. The van der Waals surface area contributed by atoms with Crippen molar-refractivity contribution in [3.63, 3.8) is 0 Å². The molecule has 0 atom stereocenters. The van der Waals surface area contributed by atoms with Gasteiger partial charge in [0.1, 0.15) is 0 Å². The minimum atomic E-state index is -3.62. The highest BCUT2D eigenvalue weighted by atomic mass is 35.5. The summed E-state index contributed by atoms with van der Waals surface area (Å²) in [6.45, 7) is 1.45. The van der Waals surface area contributed by atoms with Crippen LogP contribution in [0.5, 0.6) is 0 Å². The molecule has 32 heavy (non-hydrogen) atoms. The number of halogens is 1. The zero-order chi connectivity index (χ0) is 22.3. The number of amides is 1. The van der Waals surface area contributed by atoms with Gasteiger partial charge in [-0.3, -0.25) is 4.79 Å². The van der Waals surface area contributed by atoms with Crippen LogP contribution in [-0.4, -0.2) is 53.8 Å². The number of hydrogen-bond acceptors (Lipinski definition) is 4. The standard InChI is InChI=1S/C24H23ClN2O3S2/c25-20-10-8-19(9-11-20)23(28)27-16-17-31-24(27)12-14-26(15-13-24)32(29,30)22-7-3-5-18-4-1-2-6-21(18)22/h1-11H,12-17H2. The van der Waals surface area contributed by atoms with Crippen molar-refractivity contribution in [3.05, 3.63) is 77.3 Å². The molecule has 1 spiro atoms. The molecule has 0 saturated carbocycles. The molecule has 8 heteroatoms. The predicted molar refractivity (Wildman–Crippen MR) is 130 cm³/mol. The van der Waals surface area contributed by atoms with Gasteiger partial charge < -0.3 is 4.90 Å². The Morgan fingerprint density at radius 1 is 0.906 bits per heavy atom. The Morgan fingerprint density at radius 3 is 2.34 bits per heavy atom. The highest BCUT2D eigenvalue weighted by molar-refractivity contribution is 8.00. The average Bonchev–Trinajstić information content (AvgIpc) is 3.21. The molecular weight excluding hydrogens is 464 g/mol. The second kappa shape index (κ2) is 8.37. The molecule has 2 aliphatic rings. The summed E-state index contributed by atoms with van der Waals surface area (Å²) in [5, 5.41) is 2.25. The second-order valence-corrected chi connectivity index (χ2v) is 11.9. The Bertz CT molecular complexity index is 1260. The summed E-state index contributed by atoms with van der Waals surface area (Å²) in [6, 6.07) is 19.9. The van der Waals surface area contributed by atoms with Crippen LogP contribution < -0.4 is 0 Å². The fourth-order valence-corrected chi connectivity index (χ4v) is 7.93. The molecule has 2 heterocycles. The van der Waals surface area contributed by atoms with Gasteiger partial charge in [0.2, 0.25) is 10.0 Å². The van der Waals surface area contributed by atoms with E-state index in [2.05, 4.69) is 0 Å². The van der Waals surface area contributed by atoms with E-state index in [1.165, 1.54) is 0 Å². The molecule has 2 fully saturated rings. The molecule has 5 rings (SSSR count). The van der Waals surface area contributed by atoms with E-state index >= 15 is 0 Å². The SMILES string of the molecule is O=C(c1ccc(Cl)cc1)N1CCSC12CCN(S(=O)(=O)c1cccc3ccccc13)CC2. The van der Waals surface area contributed by atoms with Crippen LogP contribution in [0.2, 0.25) is 5.02 Å². The number of rotatable bonds is 3. The van der Waals surface area contributed by atoms with E-state index in [9.17, 15) is 13.2 Å². The lowest BCUT2D eigenvalue weighted by molar-refractivity contribution is 0.0605. The summed E-state index contributed by atoms with van der Waals surface area (Å²) in [4.78, 5) is 15.1. The van der Waals surface area contributed by atoms with E-state index < -0.39 is 10.0 Å². The molecule has 3 aromatic rings. The number of thioether (sulfide) groups is 1. The lowest BCUT2D eigenvalue weighted by Gasteiger charge is -2.43. The third-order valence-corrected chi connectivity index (χ3v) is 10.1. The van der Waals surface area contributed by atoms with Gasteiger partial charge in [-0.05, 0) is 48.6 Å². The molecule has 0 radical (unpaired) electrons. The minimum Gasteiger partial charge on any atom is -0.323 e. The second-order valence-electron chi connectivity index (χ2n) is 8.14. The number of carbonyl (C=O) groups is 1. The van der Waals surface area contributed by atoms with Crippen molar-refractivity contribution in [2.45, 2.75) is 22.6 Å². The van der Waals surface area contributed by atoms with Crippen molar-refractivity contribution < 1.29 is 13.2 Å². The summed E-state index contributed by atoms with van der Waals surface area (Å²) in [5.41, 5.74) is 0.613. The lowest BCUT2D eigenvalue weighted by Crippen LogP contribution is -2.53. The number of fused-ring (bicyclic) bond motifs is 1. The number of nitrogens with zero attached hydrogens (tertiary/aromatic N) is 2. The van der Waals surface area contributed by atoms with Gasteiger partial charge >= 0.3 is 0 Å². The molecule has 5 nitrogen and oxygen atoms in total. The lowest BCUT2D eigenvalue weighted by atomic mass is 10.0. The summed E-state index contributed by atoms with van der Waals surface area (Å²) < 4.78 is 28.6. The summed E-state index contributed by atoms with van der Waals surface area (Å²) in [6.07, 6.45) is 1.22. The van der Waals surface area contributed by atoms with Crippen LogP contribution in [0.3, 0.4) is 0 Å². The summed E-state index contributed by atoms with van der Waals surface area (Å²) >= 11 is 7.74. The zero-order valence-electron chi connectivity index (χ0n) is 17.4. The summed E-state index contributed by atoms with van der Waals surface area (Å²) in [7, 11) is -3.62. The van der Waals surface area contributed by atoms with Crippen molar-refractivity contribution in [2.75, 3.05) is 25.4 Å². The molecule has 0 aliphatic carbocycles. The van der Waals surface area contributed by atoms with Crippen LogP contribution in [0.4, 0.5) is 0 Å². The monoisotopic (exact) mass is 486 g/mol. The molecule has 0 N–H and O–H groups in total. The van der Waals surface area contributed by atoms with E-state index in [1.54, 1.807) is 52.5 Å². The van der Waals surface area contributed by atoms with Crippen LogP contribution in [0.15, 0.2) is 71.6 Å². The largest absolute Gasteiger partial charge is 0.323 e. The van der Waals surface area contributed by atoms with E-state index in [0.717, 1.165) is 16.5 Å². The number of hydrogen-bond donors (Lipinski definition) is 0. The fraction of sp³-hybridized carbons (Fsp3) is 0.292. The van der Waals surface area contributed by atoms with Crippen LogP contribution in [-0.2, 0) is 10.0 Å². The Kier molecular flexibility index (Phi) is 5.70. The number of carbonyl (C=O) groups excluding carboxylic acids is 1. The van der Waals surface area contributed by atoms with Crippen LogP contribution >= 0.6 is 23.4 Å². The third kappa shape index (κ3) is 3.71. The average molecular weight is 487 g/mol. The van der Waals surface area contributed by atoms with Gasteiger partial charge in [-0.1, -0.05) is 48.0 Å². The van der Waals surface area contributed by atoms with Crippen molar-refractivity contribution in [1.29, 1.82) is 0 Å². The van der Waals surface area contributed by atoms with Gasteiger partial charge in [-0.15, -0.1) is 11.8 Å². The maximum absolute atomic E-state index is 13.5. The number of benzene rings is 3. The Labute approximate surface area is 197 Å². The Balaban J connectivity index is 1.38. The number of sulfonamides is 1. The van der Waals surface area contributed by atoms with Crippen LogP contribution in [0.1, 0.15) is 23.2 Å². The molecule has 3 aromatic carbocycles. The normalized spacial score (nSPS) is 19.0. The maximum atomic E-state index is 13.5. The van der Waals surface area contributed by atoms with Gasteiger partial charge in [0, 0.05) is 41.4 Å². The molecule has 2 saturated heterocycles. The first kappa shape index (κ1) is 21.8. The molecular formula is C24H23ClN2O3S2. The topological polar surface area (TPSA) is 57.7 Å². The Morgan fingerprint density at radius 2 is 1.59 bits per heavy atom. The van der Waals surface area contributed by atoms with Crippen molar-refractivity contribution >= 4 is 50.1 Å². The van der Waals surface area contributed by atoms with Crippen molar-refractivity contribution in [3.8, 4) is 0 Å². The molecule has 166 valence electrons. The summed E-state index contributed by atoms with van der Waals surface area (Å²) in [5.74, 6) is 0.840. The Hall–Kier alpha value is -2.06. The van der Waals surface area contributed by atoms with Gasteiger partial charge in [0.25, 0.3) is 5.91 Å². The van der Waals surface area contributed by atoms with Gasteiger partial charge in [-0.2, -0.15) is 4.31 Å². The molecule has 2 aliphatic heterocycles. The van der Waals surface area contributed by atoms with E-state index in [4.69, 9.17) is 11.6 Å². The highest BCUT2D eigenvalue weighted by Gasteiger charge is 2.48. The fourth-order valence-electron chi connectivity index (χ4n) is 4.69. The van der Waals surface area contributed by atoms with Crippen LogP contribution in [0.25, 0.3) is 10.8 Å². The van der Waals surface area contributed by atoms with Gasteiger partial charge in [-0.25, -0.2) is 8.42 Å². The minimum absolute atomic E-state index is 0.0166. The van der Waals surface area contributed by atoms with Crippen molar-refractivity contribution in [2.24, 2.45) is 0 Å². The van der Waals surface area contributed by atoms with E-state index in [1.807, 2.05) is 35.2 Å². The van der Waals surface area contributed by atoms with E-state index in [-0.39, 0.29) is 10.8 Å². The van der Waals surface area contributed by atoms with Crippen molar-refractivity contribution in [1.82, 2.24) is 9.21 Å². The van der Waals surface area contributed by atoms with Gasteiger partial charge in [0.05, 0.1) is 9.77 Å². The molecule has 0 bridgehead atoms. The predicted octanol–water partition coefficient (Wildman–Crippen LogP) is 4.86. The van der Waals surface area contributed by atoms with Gasteiger partial charge in [0.15, 0.2) is 0 Å². The molecule has 0 aromatic heterocycles. The quantitative estimate of drug-likeness (QED) is 0.530. The third-order valence-electron chi connectivity index (χ3n) is 6.39. The maximum Gasteiger partial charge on any atom is 0.254 e. The first-order chi connectivity index (χ1) is 15.4. The number of piperidine rings is 1. The first-order valence-corrected chi connectivity index (χ1v) is 13.4. The van der Waals surface area contributed by atoms with E-state index in [0.29, 0.717) is 48.0 Å². The zero-order valence-corrected chi connectivity index (χ0v) is 19.8.